The molecular formula is C18H45N6O3PS. The third-order valence-corrected chi connectivity index (χ3v) is 7.76. The molecule has 176 valence electrons. The van der Waals surface area contributed by atoms with Gasteiger partial charge in [-0.1, -0.05) is 0 Å². The number of nitrogens with one attached hydrogen (secondary N) is 6. The minimum absolute atomic E-state index is 0.384. The van der Waals surface area contributed by atoms with Crippen LogP contribution in [0.5, 0.6) is 0 Å². The first-order chi connectivity index (χ1) is 14.2. The summed E-state index contributed by atoms with van der Waals surface area (Å²) in [6.07, 6.45) is 3.18. The molecule has 6 N–H and O–H groups in total. The summed E-state index contributed by atoms with van der Waals surface area (Å²) in [5.74, 6) is 0.696. The van der Waals surface area contributed by atoms with Crippen LogP contribution in [0.2, 0.25) is 0 Å². The van der Waals surface area contributed by atoms with Gasteiger partial charge < -0.3 is 31.9 Å². The van der Waals surface area contributed by atoms with Crippen molar-refractivity contribution in [3.63, 3.8) is 0 Å². The Balaban J connectivity index is 4.05. The molecule has 0 bridgehead atoms. The van der Waals surface area contributed by atoms with Gasteiger partial charge in [0.25, 0.3) is 0 Å². The van der Waals surface area contributed by atoms with E-state index in [2.05, 4.69) is 31.9 Å². The maximum Gasteiger partial charge on any atom is 0.389 e. The van der Waals surface area contributed by atoms with Crippen molar-refractivity contribution in [1.82, 2.24) is 31.9 Å². The van der Waals surface area contributed by atoms with Crippen LogP contribution in [0.4, 0.5) is 0 Å². The van der Waals surface area contributed by atoms with E-state index in [1.807, 2.05) is 21.1 Å². The highest BCUT2D eigenvalue weighted by atomic mass is 32.7. The maximum atomic E-state index is 13.0. The Labute approximate surface area is 182 Å². The predicted octanol–water partition coefficient (Wildman–Crippen LogP) is 0.458. The highest BCUT2D eigenvalue weighted by molar-refractivity contribution is 8.55. The minimum Gasteiger partial charge on any atom is -0.320 e. The topological polar surface area (TPSA) is 108 Å². The number of hydrogen-bond acceptors (Lipinski definition) is 10. The van der Waals surface area contributed by atoms with Crippen LogP contribution in [0.15, 0.2) is 0 Å². The van der Waals surface area contributed by atoms with Crippen molar-refractivity contribution in [2.45, 2.75) is 19.3 Å². The molecule has 0 aromatic carbocycles. The predicted molar refractivity (Wildman–Crippen MR) is 126 cm³/mol. The molecule has 0 aliphatic carbocycles. The van der Waals surface area contributed by atoms with Gasteiger partial charge in [0.2, 0.25) is 0 Å². The molecule has 29 heavy (non-hydrogen) atoms. The standard InChI is InChI=1S/C18H45N6O3PS/c1-19-7-4-10-22-13-16-26-28(25,27-17-14-23-11-5-8-20-2)29-18-15-24-12-6-9-21-3/h19-24H,4-18H2,1-3H3. The van der Waals surface area contributed by atoms with E-state index in [4.69, 9.17) is 9.05 Å². The summed E-state index contributed by atoms with van der Waals surface area (Å²) in [6.45, 7) is 5.47. The van der Waals surface area contributed by atoms with Crippen LogP contribution in [-0.2, 0) is 13.6 Å². The summed E-state index contributed by atoms with van der Waals surface area (Å²) in [6, 6.07) is 0. The summed E-state index contributed by atoms with van der Waals surface area (Å²) in [5, 5.41) is 19.3. The highest BCUT2D eigenvalue weighted by Crippen LogP contribution is 2.60. The van der Waals surface area contributed by atoms with Crippen molar-refractivity contribution in [2.24, 2.45) is 0 Å². The molecule has 0 aliphatic rings. The van der Waals surface area contributed by atoms with Crippen LogP contribution in [0, 0.1) is 0 Å². The van der Waals surface area contributed by atoms with Gasteiger partial charge in [-0.2, -0.15) is 0 Å². The quantitative estimate of drug-likeness (QED) is 0.0906. The van der Waals surface area contributed by atoms with Gasteiger partial charge in [0.1, 0.15) is 0 Å². The summed E-state index contributed by atoms with van der Waals surface area (Å²) < 4.78 is 24.4. The lowest BCUT2D eigenvalue weighted by Gasteiger charge is -2.18. The van der Waals surface area contributed by atoms with Gasteiger partial charge in [-0.3, -0.25) is 9.05 Å². The molecule has 0 spiro atoms. The van der Waals surface area contributed by atoms with Crippen LogP contribution in [0.3, 0.4) is 0 Å². The van der Waals surface area contributed by atoms with Crippen molar-refractivity contribution in [2.75, 3.05) is 99.0 Å². The highest BCUT2D eigenvalue weighted by Gasteiger charge is 2.25. The molecule has 11 heteroatoms. The fraction of sp³-hybridized carbons (Fsp3) is 1.00. The molecule has 0 unspecified atom stereocenters. The van der Waals surface area contributed by atoms with Gasteiger partial charge in [-0.05, 0) is 91.1 Å². The van der Waals surface area contributed by atoms with Crippen molar-refractivity contribution in [3.05, 3.63) is 0 Å². The van der Waals surface area contributed by atoms with E-state index < -0.39 is 6.80 Å². The second kappa shape index (κ2) is 22.9. The van der Waals surface area contributed by atoms with E-state index in [9.17, 15) is 4.57 Å². The monoisotopic (exact) mass is 456 g/mol. The van der Waals surface area contributed by atoms with Crippen LogP contribution in [-0.4, -0.2) is 99.0 Å². The zero-order chi connectivity index (χ0) is 21.5. The molecule has 0 amide bonds. The Morgan fingerprint density at radius 3 is 1.45 bits per heavy atom. The molecule has 9 nitrogen and oxygen atoms in total. The van der Waals surface area contributed by atoms with Gasteiger partial charge in [0.05, 0.1) is 13.2 Å². The van der Waals surface area contributed by atoms with E-state index in [0.717, 1.165) is 65.1 Å². The SMILES string of the molecule is CNCCCNCCOP(=O)(OCCNCCCNC)SCCNCCCNC. The normalized spacial score (nSPS) is 12.0. The summed E-state index contributed by atoms with van der Waals surface area (Å²) in [4.78, 5) is 0. The van der Waals surface area contributed by atoms with Crippen molar-refractivity contribution < 1.29 is 13.6 Å². The van der Waals surface area contributed by atoms with E-state index in [0.29, 0.717) is 32.1 Å². The third kappa shape index (κ3) is 21.3. The average molecular weight is 457 g/mol. The van der Waals surface area contributed by atoms with Crippen molar-refractivity contribution >= 4 is 18.2 Å². The van der Waals surface area contributed by atoms with E-state index in [1.165, 1.54) is 11.4 Å². The van der Waals surface area contributed by atoms with Gasteiger partial charge in [-0.15, -0.1) is 0 Å². The molecule has 0 saturated carbocycles. The molecule has 0 heterocycles. The fourth-order valence-electron chi connectivity index (χ4n) is 2.35. The van der Waals surface area contributed by atoms with Gasteiger partial charge in [0.15, 0.2) is 0 Å². The van der Waals surface area contributed by atoms with Crippen LogP contribution < -0.4 is 31.9 Å². The van der Waals surface area contributed by atoms with E-state index in [1.54, 1.807) is 0 Å². The molecule has 0 radical (unpaired) electrons. The van der Waals surface area contributed by atoms with Crippen LogP contribution in [0.25, 0.3) is 0 Å². The lowest BCUT2D eigenvalue weighted by atomic mass is 10.4. The fourth-order valence-corrected chi connectivity index (χ4v) is 5.50. The summed E-state index contributed by atoms with van der Waals surface area (Å²) in [5.41, 5.74) is 0. The number of rotatable bonds is 24. The average Bonchev–Trinajstić information content (AvgIpc) is 2.72. The Kier molecular flexibility index (Phi) is 23.1. The molecule has 0 saturated heterocycles. The van der Waals surface area contributed by atoms with Crippen LogP contribution >= 0.6 is 18.2 Å². The third-order valence-electron chi connectivity index (χ3n) is 3.93. The smallest absolute Gasteiger partial charge is 0.320 e. The maximum absolute atomic E-state index is 13.0. The van der Waals surface area contributed by atoms with Gasteiger partial charge >= 0.3 is 6.80 Å². The first-order valence-corrected chi connectivity index (χ1v) is 13.9. The zero-order valence-corrected chi connectivity index (χ0v) is 20.4. The Morgan fingerprint density at radius 2 is 1.03 bits per heavy atom. The van der Waals surface area contributed by atoms with E-state index >= 15 is 0 Å². The van der Waals surface area contributed by atoms with Crippen molar-refractivity contribution in [1.29, 1.82) is 0 Å². The summed E-state index contributed by atoms with van der Waals surface area (Å²) in [7, 11) is 5.84. The minimum atomic E-state index is -3.14. The Hall–Kier alpha value is 0.260. The van der Waals surface area contributed by atoms with Crippen LogP contribution in [0.1, 0.15) is 19.3 Å². The Bertz CT molecular complexity index is 333. The second-order valence-electron chi connectivity index (χ2n) is 6.57. The molecule has 0 aliphatic heterocycles. The number of hydrogen-bond donors (Lipinski definition) is 6. The van der Waals surface area contributed by atoms with E-state index in [-0.39, 0.29) is 0 Å². The van der Waals surface area contributed by atoms with Crippen molar-refractivity contribution in [3.8, 4) is 0 Å². The Morgan fingerprint density at radius 1 is 0.621 bits per heavy atom. The first-order valence-electron chi connectivity index (χ1n) is 10.8. The zero-order valence-electron chi connectivity index (χ0n) is 18.7. The first kappa shape index (κ1) is 29.3. The molecule has 0 atom stereocenters. The largest absolute Gasteiger partial charge is 0.389 e. The summed E-state index contributed by atoms with van der Waals surface area (Å²) >= 11 is 1.29. The van der Waals surface area contributed by atoms with Gasteiger partial charge in [0, 0.05) is 25.4 Å². The molecule has 0 aromatic rings. The molecule has 0 rings (SSSR count). The van der Waals surface area contributed by atoms with Gasteiger partial charge in [-0.25, -0.2) is 4.57 Å². The second-order valence-corrected chi connectivity index (χ2v) is 10.8. The molecular weight excluding hydrogens is 411 g/mol. The molecule has 0 fully saturated rings. The lowest BCUT2D eigenvalue weighted by Crippen LogP contribution is -2.24. The molecule has 0 aromatic heterocycles. The lowest BCUT2D eigenvalue weighted by molar-refractivity contribution is 0.220.